The van der Waals surface area contributed by atoms with Crippen molar-refractivity contribution in [3.8, 4) is 0 Å². The number of carboxylic acid groups (broad SMARTS) is 1. The first-order valence-corrected chi connectivity index (χ1v) is 7.77. The molecule has 0 aromatic heterocycles. The summed E-state index contributed by atoms with van der Waals surface area (Å²) in [6, 6.07) is 14.7. The number of anilines is 1. The minimum atomic E-state index is -0.880. The Kier molecular flexibility index (Phi) is 3.97. The van der Waals surface area contributed by atoms with E-state index in [0.717, 1.165) is 15.7 Å². The lowest BCUT2D eigenvalue weighted by atomic mass is 10.0. The second kappa shape index (κ2) is 5.90. The summed E-state index contributed by atoms with van der Waals surface area (Å²) in [4.78, 5) is 11.5. The number of nitrogens with one attached hydrogen (secondary N) is 1. The molecular formula is C17H16BrNO2. The van der Waals surface area contributed by atoms with Crippen molar-refractivity contribution in [2.75, 3.05) is 5.32 Å². The van der Waals surface area contributed by atoms with Crippen molar-refractivity contribution in [1.29, 1.82) is 0 Å². The summed E-state index contributed by atoms with van der Waals surface area (Å²) in [5, 5.41) is 12.5. The Morgan fingerprint density at radius 2 is 1.90 bits per heavy atom. The second-order valence-corrected chi connectivity index (χ2v) is 6.28. The standard InChI is InChI=1S/C17H16BrNO2/c18-14-2-1-3-15(10-14)19-16(17(20)21)13-8-6-12(7-9-13)11-4-5-11/h1-3,6-11,16,19H,4-5H2,(H,20,21). The van der Waals surface area contributed by atoms with Crippen LogP contribution in [-0.4, -0.2) is 11.1 Å². The number of benzene rings is 2. The Morgan fingerprint density at radius 3 is 2.48 bits per heavy atom. The second-order valence-electron chi connectivity index (χ2n) is 5.37. The van der Waals surface area contributed by atoms with Crippen LogP contribution in [0.25, 0.3) is 0 Å². The molecule has 0 heterocycles. The zero-order valence-electron chi connectivity index (χ0n) is 11.4. The summed E-state index contributed by atoms with van der Waals surface area (Å²) in [6.07, 6.45) is 2.50. The lowest BCUT2D eigenvalue weighted by Gasteiger charge is -2.17. The van der Waals surface area contributed by atoms with Crippen LogP contribution < -0.4 is 5.32 Å². The van der Waals surface area contributed by atoms with Gasteiger partial charge >= 0.3 is 5.97 Å². The number of hydrogen-bond acceptors (Lipinski definition) is 2. The molecule has 2 aromatic rings. The van der Waals surface area contributed by atoms with Gasteiger partial charge in [0, 0.05) is 10.2 Å². The van der Waals surface area contributed by atoms with Gasteiger partial charge in [-0.2, -0.15) is 0 Å². The van der Waals surface area contributed by atoms with Crippen LogP contribution in [0, 0.1) is 0 Å². The normalized spacial score (nSPS) is 15.5. The molecular weight excluding hydrogens is 330 g/mol. The summed E-state index contributed by atoms with van der Waals surface area (Å²) in [6.45, 7) is 0. The van der Waals surface area contributed by atoms with Crippen LogP contribution in [0.4, 0.5) is 5.69 Å². The van der Waals surface area contributed by atoms with Crippen molar-refractivity contribution in [3.05, 3.63) is 64.1 Å². The van der Waals surface area contributed by atoms with Gasteiger partial charge in [0.15, 0.2) is 6.04 Å². The first-order chi connectivity index (χ1) is 10.1. The number of carbonyl (C=O) groups is 1. The van der Waals surface area contributed by atoms with E-state index in [2.05, 4.69) is 21.2 Å². The van der Waals surface area contributed by atoms with Crippen molar-refractivity contribution in [2.45, 2.75) is 24.8 Å². The van der Waals surface area contributed by atoms with Gasteiger partial charge in [-0.15, -0.1) is 0 Å². The summed E-state index contributed by atoms with van der Waals surface area (Å²) < 4.78 is 0.917. The number of halogens is 1. The minimum absolute atomic E-state index is 0.681. The Balaban J connectivity index is 1.81. The van der Waals surface area contributed by atoms with Gasteiger partial charge in [0.05, 0.1) is 0 Å². The van der Waals surface area contributed by atoms with E-state index < -0.39 is 12.0 Å². The molecule has 0 radical (unpaired) electrons. The molecule has 0 saturated heterocycles. The van der Waals surface area contributed by atoms with E-state index in [4.69, 9.17) is 0 Å². The first kappa shape index (κ1) is 14.1. The monoisotopic (exact) mass is 345 g/mol. The molecule has 0 spiro atoms. The summed E-state index contributed by atoms with van der Waals surface area (Å²) in [5.74, 6) is -0.200. The van der Waals surface area contributed by atoms with Crippen LogP contribution in [0.15, 0.2) is 53.0 Å². The smallest absolute Gasteiger partial charge is 0.330 e. The largest absolute Gasteiger partial charge is 0.479 e. The Bertz CT molecular complexity index is 650. The summed E-state index contributed by atoms with van der Waals surface area (Å²) in [7, 11) is 0. The number of hydrogen-bond donors (Lipinski definition) is 2. The molecule has 0 aliphatic heterocycles. The maximum Gasteiger partial charge on any atom is 0.330 e. The van der Waals surface area contributed by atoms with Gasteiger partial charge < -0.3 is 10.4 Å². The van der Waals surface area contributed by atoms with Crippen LogP contribution in [0.3, 0.4) is 0 Å². The lowest BCUT2D eigenvalue weighted by Crippen LogP contribution is -2.20. The molecule has 3 rings (SSSR count). The molecule has 1 aliphatic carbocycles. The molecule has 1 aliphatic rings. The van der Waals surface area contributed by atoms with Crippen molar-refractivity contribution >= 4 is 27.6 Å². The number of rotatable bonds is 5. The predicted molar refractivity (Wildman–Crippen MR) is 86.6 cm³/mol. The molecule has 1 unspecified atom stereocenters. The zero-order valence-corrected chi connectivity index (χ0v) is 13.0. The number of aliphatic carboxylic acids is 1. The maximum absolute atomic E-state index is 11.5. The van der Waals surface area contributed by atoms with E-state index in [1.54, 1.807) is 0 Å². The van der Waals surface area contributed by atoms with Gasteiger partial charge in [0.25, 0.3) is 0 Å². The van der Waals surface area contributed by atoms with E-state index in [0.29, 0.717) is 5.92 Å². The molecule has 1 saturated carbocycles. The van der Waals surface area contributed by atoms with Crippen molar-refractivity contribution < 1.29 is 9.90 Å². The Hall–Kier alpha value is -1.81. The van der Waals surface area contributed by atoms with E-state index >= 15 is 0 Å². The third-order valence-electron chi connectivity index (χ3n) is 3.70. The molecule has 0 amide bonds. The molecule has 1 atom stereocenters. The fraction of sp³-hybridized carbons (Fsp3) is 0.235. The molecule has 108 valence electrons. The highest BCUT2D eigenvalue weighted by Gasteiger charge is 2.24. The third-order valence-corrected chi connectivity index (χ3v) is 4.19. The van der Waals surface area contributed by atoms with Crippen LogP contribution in [0.1, 0.15) is 35.9 Å². The minimum Gasteiger partial charge on any atom is -0.479 e. The molecule has 2 N–H and O–H groups in total. The fourth-order valence-corrected chi connectivity index (χ4v) is 2.81. The third kappa shape index (κ3) is 3.45. The summed E-state index contributed by atoms with van der Waals surface area (Å²) in [5.41, 5.74) is 2.86. The lowest BCUT2D eigenvalue weighted by molar-refractivity contribution is -0.138. The van der Waals surface area contributed by atoms with Crippen LogP contribution in [0.2, 0.25) is 0 Å². The first-order valence-electron chi connectivity index (χ1n) is 6.98. The predicted octanol–water partition coefficient (Wildman–Crippen LogP) is 4.56. The van der Waals surface area contributed by atoms with Gasteiger partial charge in [-0.25, -0.2) is 4.79 Å². The van der Waals surface area contributed by atoms with E-state index in [1.165, 1.54) is 18.4 Å². The van der Waals surface area contributed by atoms with Gasteiger partial charge in [-0.3, -0.25) is 0 Å². The van der Waals surface area contributed by atoms with Crippen molar-refractivity contribution in [1.82, 2.24) is 0 Å². The van der Waals surface area contributed by atoms with Crippen molar-refractivity contribution in [2.24, 2.45) is 0 Å². The Morgan fingerprint density at radius 1 is 1.19 bits per heavy atom. The molecule has 4 heteroatoms. The molecule has 2 aromatic carbocycles. The highest BCUT2D eigenvalue weighted by molar-refractivity contribution is 9.10. The van der Waals surface area contributed by atoms with E-state index in [1.807, 2.05) is 48.5 Å². The highest BCUT2D eigenvalue weighted by Crippen LogP contribution is 2.40. The Labute approximate surface area is 132 Å². The number of carboxylic acids is 1. The fourth-order valence-electron chi connectivity index (χ4n) is 2.41. The van der Waals surface area contributed by atoms with Gasteiger partial charge in [-0.1, -0.05) is 46.3 Å². The molecule has 21 heavy (non-hydrogen) atoms. The van der Waals surface area contributed by atoms with Crippen LogP contribution >= 0.6 is 15.9 Å². The molecule has 0 bridgehead atoms. The quantitative estimate of drug-likeness (QED) is 0.834. The van der Waals surface area contributed by atoms with Gasteiger partial charge in [0.1, 0.15) is 0 Å². The average molecular weight is 346 g/mol. The van der Waals surface area contributed by atoms with Gasteiger partial charge in [-0.05, 0) is 48.1 Å². The topological polar surface area (TPSA) is 49.3 Å². The van der Waals surface area contributed by atoms with E-state index in [9.17, 15) is 9.90 Å². The van der Waals surface area contributed by atoms with E-state index in [-0.39, 0.29) is 0 Å². The highest BCUT2D eigenvalue weighted by atomic mass is 79.9. The average Bonchev–Trinajstić information content (AvgIpc) is 3.29. The van der Waals surface area contributed by atoms with Crippen LogP contribution in [0.5, 0.6) is 0 Å². The maximum atomic E-state index is 11.5. The van der Waals surface area contributed by atoms with Gasteiger partial charge in [0.2, 0.25) is 0 Å². The van der Waals surface area contributed by atoms with Crippen molar-refractivity contribution in [3.63, 3.8) is 0 Å². The molecule has 1 fully saturated rings. The molecule has 3 nitrogen and oxygen atoms in total. The zero-order chi connectivity index (χ0) is 14.8. The summed E-state index contributed by atoms with van der Waals surface area (Å²) >= 11 is 3.39. The SMILES string of the molecule is O=C(O)C(Nc1cccc(Br)c1)c1ccc(C2CC2)cc1. The van der Waals surface area contributed by atoms with Crippen LogP contribution in [-0.2, 0) is 4.79 Å².